The molecule has 1 aliphatic heterocycles. The van der Waals surface area contributed by atoms with Gasteiger partial charge in [-0.1, -0.05) is 11.2 Å². The van der Waals surface area contributed by atoms with Crippen molar-refractivity contribution in [1.82, 2.24) is 10.1 Å². The lowest BCUT2D eigenvalue weighted by Gasteiger charge is -2.29. The van der Waals surface area contributed by atoms with Crippen LogP contribution in [-0.2, 0) is 17.8 Å². The van der Waals surface area contributed by atoms with E-state index in [1.807, 2.05) is 23.1 Å². The van der Waals surface area contributed by atoms with E-state index in [4.69, 9.17) is 8.94 Å². The van der Waals surface area contributed by atoms with Gasteiger partial charge in [-0.15, -0.1) is 0 Å². The number of rotatable bonds is 4. The second-order valence-electron chi connectivity index (χ2n) is 7.28. The van der Waals surface area contributed by atoms with Crippen LogP contribution in [0.2, 0.25) is 0 Å². The van der Waals surface area contributed by atoms with Crippen LogP contribution in [0.25, 0.3) is 11.5 Å². The molecule has 0 spiro atoms. The van der Waals surface area contributed by atoms with Gasteiger partial charge in [0.25, 0.3) is 5.91 Å². The zero-order valence-corrected chi connectivity index (χ0v) is 15.2. The summed E-state index contributed by atoms with van der Waals surface area (Å²) >= 11 is 0. The van der Waals surface area contributed by atoms with Crippen molar-refractivity contribution < 1.29 is 18.5 Å². The van der Waals surface area contributed by atoms with Crippen molar-refractivity contribution in [3.05, 3.63) is 59.5 Å². The summed E-state index contributed by atoms with van der Waals surface area (Å²) in [6.07, 6.45) is 4.39. The van der Waals surface area contributed by atoms with Gasteiger partial charge in [0.1, 0.15) is 0 Å². The average Bonchev–Trinajstić information content (AvgIpc) is 3.19. The molecule has 142 valence electrons. The highest BCUT2D eigenvalue weighted by atomic mass is 16.5. The van der Waals surface area contributed by atoms with Crippen molar-refractivity contribution in [2.45, 2.75) is 25.8 Å². The minimum Gasteiger partial charge on any atom is -0.461 e. The normalized spacial score (nSPS) is 15.9. The Morgan fingerprint density at radius 1 is 1.11 bits per heavy atom. The van der Waals surface area contributed by atoms with Gasteiger partial charge in [-0.2, -0.15) is 0 Å². The Morgan fingerprint density at radius 3 is 2.79 bits per heavy atom. The second kappa shape index (κ2) is 6.67. The van der Waals surface area contributed by atoms with Gasteiger partial charge in [-0.3, -0.25) is 9.59 Å². The molecular weight excluding hydrogens is 358 g/mol. The Morgan fingerprint density at radius 2 is 2.00 bits per heavy atom. The summed E-state index contributed by atoms with van der Waals surface area (Å²) in [7, 11) is 0. The maximum Gasteiger partial charge on any atom is 0.277 e. The van der Waals surface area contributed by atoms with E-state index in [2.05, 4.69) is 10.5 Å². The van der Waals surface area contributed by atoms with E-state index in [1.165, 1.54) is 11.8 Å². The Kier molecular flexibility index (Phi) is 4.00. The maximum absolute atomic E-state index is 12.5. The SMILES string of the molecule is O=C(Nc1ccc2c(c1)CN(C(=O)C1CC1)CC2)c1cc(-c2ccco2)on1. The number of fused-ring (bicyclic) bond motifs is 1. The van der Waals surface area contributed by atoms with E-state index in [9.17, 15) is 9.59 Å². The zero-order chi connectivity index (χ0) is 19.1. The van der Waals surface area contributed by atoms with Crippen molar-refractivity contribution in [1.29, 1.82) is 0 Å². The fourth-order valence-electron chi connectivity index (χ4n) is 3.52. The highest BCUT2D eigenvalue weighted by Gasteiger charge is 2.34. The van der Waals surface area contributed by atoms with Crippen molar-refractivity contribution in [3.8, 4) is 11.5 Å². The quantitative estimate of drug-likeness (QED) is 0.752. The predicted molar refractivity (Wildman–Crippen MR) is 100 cm³/mol. The molecule has 0 saturated heterocycles. The lowest BCUT2D eigenvalue weighted by Crippen LogP contribution is -2.36. The smallest absolute Gasteiger partial charge is 0.277 e. The molecule has 1 aliphatic carbocycles. The molecule has 0 atom stereocenters. The van der Waals surface area contributed by atoms with Crippen LogP contribution in [0.3, 0.4) is 0 Å². The molecule has 2 aromatic heterocycles. The summed E-state index contributed by atoms with van der Waals surface area (Å²) in [5.41, 5.74) is 3.15. The van der Waals surface area contributed by atoms with Crippen molar-refractivity contribution in [2.24, 2.45) is 5.92 Å². The zero-order valence-electron chi connectivity index (χ0n) is 15.2. The monoisotopic (exact) mass is 377 g/mol. The standard InChI is InChI=1S/C21H19N3O4/c25-20(17-11-19(28-23-17)18-2-1-9-27-18)22-16-6-5-13-7-8-24(12-15(13)10-16)21(26)14-3-4-14/h1-2,5-6,9-11,14H,3-4,7-8,12H2,(H,22,25). The molecule has 3 heterocycles. The topological polar surface area (TPSA) is 88.6 Å². The summed E-state index contributed by atoms with van der Waals surface area (Å²) in [4.78, 5) is 26.8. The van der Waals surface area contributed by atoms with Gasteiger partial charge in [0.05, 0.1) is 6.26 Å². The highest BCUT2D eigenvalue weighted by molar-refractivity contribution is 6.03. The lowest BCUT2D eigenvalue weighted by atomic mass is 9.98. The van der Waals surface area contributed by atoms with Crippen LogP contribution in [-0.4, -0.2) is 28.4 Å². The molecule has 2 aliphatic rings. The van der Waals surface area contributed by atoms with Crippen LogP contribution in [0, 0.1) is 5.92 Å². The average molecular weight is 377 g/mol. The molecule has 7 heteroatoms. The van der Waals surface area contributed by atoms with Crippen LogP contribution in [0.4, 0.5) is 5.69 Å². The number of aromatic nitrogens is 1. The summed E-state index contributed by atoms with van der Waals surface area (Å²) < 4.78 is 10.4. The summed E-state index contributed by atoms with van der Waals surface area (Å²) in [5, 5.41) is 6.67. The molecule has 1 saturated carbocycles. The number of furan rings is 1. The molecule has 2 amide bonds. The number of benzene rings is 1. The lowest BCUT2D eigenvalue weighted by molar-refractivity contribution is -0.133. The number of nitrogens with one attached hydrogen (secondary N) is 1. The van der Waals surface area contributed by atoms with Gasteiger partial charge >= 0.3 is 0 Å². The maximum atomic E-state index is 12.5. The Labute approximate surface area is 161 Å². The molecule has 5 rings (SSSR count). The number of amides is 2. The van der Waals surface area contributed by atoms with Gasteiger partial charge < -0.3 is 19.2 Å². The number of carbonyl (C=O) groups is 2. The minimum atomic E-state index is -0.358. The minimum absolute atomic E-state index is 0.176. The molecule has 28 heavy (non-hydrogen) atoms. The second-order valence-corrected chi connectivity index (χ2v) is 7.28. The Balaban J connectivity index is 1.30. The van der Waals surface area contributed by atoms with E-state index < -0.39 is 0 Å². The third-order valence-electron chi connectivity index (χ3n) is 5.22. The third kappa shape index (κ3) is 3.19. The van der Waals surface area contributed by atoms with E-state index in [0.29, 0.717) is 23.8 Å². The van der Waals surface area contributed by atoms with Crippen LogP contribution >= 0.6 is 0 Å². The van der Waals surface area contributed by atoms with Gasteiger partial charge in [0.2, 0.25) is 11.7 Å². The van der Waals surface area contributed by atoms with Crippen molar-refractivity contribution in [3.63, 3.8) is 0 Å². The van der Waals surface area contributed by atoms with Crippen LogP contribution in [0.5, 0.6) is 0 Å². The van der Waals surface area contributed by atoms with E-state index in [1.54, 1.807) is 18.2 Å². The fourth-order valence-corrected chi connectivity index (χ4v) is 3.52. The van der Waals surface area contributed by atoms with Gasteiger partial charge in [-0.05, 0) is 54.7 Å². The predicted octanol–water partition coefficient (Wildman–Crippen LogP) is 3.48. The molecule has 1 aromatic carbocycles. The number of hydrogen-bond acceptors (Lipinski definition) is 5. The first-order valence-electron chi connectivity index (χ1n) is 9.40. The molecule has 7 nitrogen and oxygen atoms in total. The molecule has 0 unspecified atom stereocenters. The first-order valence-corrected chi connectivity index (χ1v) is 9.40. The van der Waals surface area contributed by atoms with Gasteiger partial charge in [0.15, 0.2) is 11.5 Å². The van der Waals surface area contributed by atoms with Crippen LogP contribution < -0.4 is 5.32 Å². The molecule has 0 bridgehead atoms. The number of hydrogen-bond donors (Lipinski definition) is 1. The van der Waals surface area contributed by atoms with Crippen LogP contribution in [0.15, 0.2) is 51.6 Å². The first kappa shape index (κ1) is 16.8. The summed E-state index contributed by atoms with van der Waals surface area (Å²) in [5.74, 6) is 1.03. The number of carbonyl (C=O) groups excluding carboxylic acids is 2. The fraction of sp³-hybridized carbons (Fsp3) is 0.286. The largest absolute Gasteiger partial charge is 0.461 e. The molecule has 1 N–H and O–H groups in total. The molecule has 1 fully saturated rings. The molecule has 3 aromatic rings. The van der Waals surface area contributed by atoms with Crippen LogP contribution in [0.1, 0.15) is 34.5 Å². The van der Waals surface area contributed by atoms with E-state index >= 15 is 0 Å². The number of anilines is 1. The molecule has 0 radical (unpaired) electrons. The first-order chi connectivity index (χ1) is 13.7. The van der Waals surface area contributed by atoms with Gasteiger partial charge in [-0.25, -0.2) is 0 Å². The molecular formula is C21H19N3O4. The van der Waals surface area contributed by atoms with E-state index in [-0.39, 0.29) is 23.4 Å². The van der Waals surface area contributed by atoms with Crippen molar-refractivity contribution >= 4 is 17.5 Å². The summed E-state index contributed by atoms with van der Waals surface area (Å²) in [6.45, 7) is 1.36. The highest BCUT2D eigenvalue weighted by Crippen LogP contribution is 2.33. The van der Waals surface area contributed by atoms with E-state index in [0.717, 1.165) is 31.4 Å². The Hall–Kier alpha value is -3.35. The third-order valence-corrected chi connectivity index (χ3v) is 5.22. The Bertz CT molecular complexity index is 1030. The van der Waals surface area contributed by atoms with Gasteiger partial charge in [0, 0.05) is 30.8 Å². The number of nitrogens with zero attached hydrogens (tertiary/aromatic N) is 2. The van der Waals surface area contributed by atoms with Crippen molar-refractivity contribution in [2.75, 3.05) is 11.9 Å². The summed E-state index contributed by atoms with van der Waals surface area (Å²) in [6, 6.07) is 10.8.